The summed E-state index contributed by atoms with van der Waals surface area (Å²) in [6.45, 7) is 4.99. The Balaban J connectivity index is 1.63. The van der Waals surface area contributed by atoms with Crippen LogP contribution in [0.1, 0.15) is 41.4 Å². The number of nitrogens with zero attached hydrogens (tertiary/aromatic N) is 2. The van der Waals surface area contributed by atoms with Crippen LogP contribution >= 0.6 is 11.3 Å². The zero-order valence-electron chi connectivity index (χ0n) is 16.8. The highest BCUT2D eigenvalue weighted by Gasteiger charge is 2.42. The van der Waals surface area contributed by atoms with E-state index in [1.54, 1.807) is 6.07 Å². The number of amides is 1. The first-order valence-corrected chi connectivity index (χ1v) is 12.4. The summed E-state index contributed by atoms with van der Waals surface area (Å²) in [5.41, 5.74) is 8.36. The molecule has 3 heterocycles. The molecule has 3 aliphatic rings. The number of rotatable bonds is 6. The zero-order valence-corrected chi connectivity index (χ0v) is 18.5. The number of aryl methyl sites for hydroxylation is 1. The molecule has 0 spiro atoms. The van der Waals surface area contributed by atoms with E-state index >= 15 is 0 Å². The molecule has 1 saturated carbocycles. The molecule has 0 radical (unpaired) electrons. The summed E-state index contributed by atoms with van der Waals surface area (Å²) in [5, 5.41) is 0.428. The van der Waals surface area contributed by atoms with E-state index in [0.717, 1.165) is 34.5 Å². The lowest BCUT2D eigenvalue weighted by Gasteiger charge is -2.27. The molecule has 0 bridgehead atoms. The topological polar surface area (TPSA) is 115 Å². The van der Waals surface area contributed by atoms with Gasteiger partial charge in [0.15, 0.2) is 5.13 Å². The molecule has 160 valence electrons. The van der Waals surface area contributed by atoms with Crippen LogP contribution in [0.3, 0.4) is 0 Å². The number of hydrogen-bond donors (Lipinski definition) is 2. The maximum Gasteiger partial charge on any atom is 0.256 e. The Bertz CT molecular complexity index is 1140. The fourth-order valence-electron chi connectivity index (χ4n) is 4.22. The number of ether oxygens (including phenoxy) is 1. The van der Waals surface area contributed by atoms with Gasteiger partial charge in [-0.15, -0.1) is 0 Å². The SMILES string of the molecule is Cc1nc(N)sc1-c1cc2c(c(S(=O)(=O)NC3COC3)c1)C(=O)N(C(C)C1CC1)C2. The van der Waals surface area contributed by atoms with Crippen LogP contribution in [0.4, 0.5) is 5.13 Å². The number of carbonyl (C=O) groups excluding carboxylic acids is 1. The predicted octanol–water partition coefficient (Wildman–Crippen LogP) is 2.13. The van der Waals surface area contributed by atoms with E-state index in [9.17, 15) is 13.2 Å². The van der Waals surface area contributed by atoms with E-state index in [-0.39, 0.29) is 28.4 Å². The van der Waals surface area contributed by atoms with Gasteiger partial charge >= 0.3 is 0 Å². The van der Waals surface area contributed by atoms with Crippen molar-refractivity contribution in [2.24, 2.45) is 5.92 Å². The number of nitrogens with one attached hydrogen (secondary N) is 1. The molecule has 2 aliphatic heterocycles. The van der Waals surface area contributed by atoms with Gasteiger partial charge in [-0.1, -0.05) is 11.3 Å². The van der Waals surface area contributed by atoms with E-state index in [1.165, 1.54) is 11.3 Å². The van der Waals surface area contributed by atoms with Crippen molar-refractivity contribution in [2.45, 2.75) is 50.2 Å². The van der Waals surface area contributed by atoms with Gasteiger partial charge in [-0.3, -0.25) is 4.79 Å². The van der Waals surface area contributed by atoms with Gasteiger partial charge in [0.25, 0.3) is 5.91 Å². The molecular weight excluding hydrogens is 424 g/mol. The number of nitrogen functional groups attached to an aromatic ring is 1. The molecule has 3 N–H and O–H groups in total. The molecule has 1 saturated heterocycles. The number of hydrogen-bond acceptors (Lipinski definition) is 7. The molecule has 1 aromatic heterocycles. The molecule has 1 unspecified atom stereocenters. The minimum absolute atomic E-state index is 0.0313. The van der Waals surface area contributed by atoms with Crippen molar-refractivity contribution in [1.29, 1.82) is 0 Å². The van der Waals surface area contributed by atoms with Crippen molar-refractivity contribution in [3.8, 4) is 10.4 Å². The Labute approximate surface area is 179 Å². The zero-order chi connectivity index (χ0) is 21.2. The molecule has 1 amide bonds. The molecule has 2 aromatic rings. The Morgan fingerprint density at radius 2 is 2.07 bits per heavy atom. The number of anilines is 1. The monoisotopic (exact) mass is 448 g/mol. The van der Waals surface area contributed by atoms with Crippen molar-refractivity contribution in [2.75, 3.05) is 18.9 Å². The minimum atomic E-state index is -3.89. The van der Waals surface area contributed by atoms with Crippen molar-refractivity contribution in [3.05, 3.63) is 29.0 Å². The molecule has 2 fully saturated rings. The third-order valence-electron chi connectivity index (χ3n) is 6.12. The van der Waals surface area contributed by atoms with Crippen LogP contribution in [-0.4, -0.2) is 49.5 Å². The lowest BCUT2D eigenvalue weighted by Crippen LogP contribution is -2.48. The number of sulfonamides is 1. The number of benzene rings is 1. The maximum atomic E-state index is 13.3. The van der Waals surface area contributed by atoms with Gasteiger partial charge in [-0.05, 0) is 55.9 Å². The Morgan fingerprint density at radius 3 is 2.63 bits per heavy atom. The highest BCUT2D eigenvalue weighted by molar-refractivity contribution is 7.89. The second-order valence-electron chi connectivity index (χ2n) is 8.34. The summed E-state index contributed by atoms with van der Waals surface area (Å²) in [4.78, 5) is 20.2. The summed E-state index contributed by atoms with van der Waals surface area (Å²) in [5.74, 6) is 0.290. The van der Waals surface area contributed by atoms with Gasteiger partial charge in [0, 0.05) is 12.6 Å². The van der Waals surface area contributed by atoms with Crippen LogP contribution in [0.5, 0.6) is 0 Å². The number of aromatic nitrogens is 1. The second kappa shape index (κ2) is 7.01. The quantitative estimate of drug-likeness (QED) is 0.700. The summed E-state index contributed by atoms with van der Waals surface area (Å²) in [7, 11) is -3.89. The molecule has 1 atom stereocenters. The van der Waals surface area contributed by atoms with Crippen LogP contribution in [0.2, 0.25) is 0 Å². The third-order valence-corrected chi connectivity index (χ3v) is 8.70. The van der Waals surface area contributed by atoms with E-state index in [4.69, 9.17) is 10.5 Å². The van der Waals surface area contributed by atoms with Crippen LogP contribution in [-0.2, 0) is 21.3 Å². The molecule has 1 aromatic carbocycles. The maximum absolute atomic E-state index is 13.3. The number of thiazole rings is 1. The Morgan fingerprint density at radius 1 is 1.33 bits per heavy atom. The molecule has 30 heavy (non-hydrogen) atoms. The Kier molecular flexibility index (Phi) is 4.66. The predicted molar refractivity (Wildman–Crippen MR) is 114 cm³/mol. The van der Waals surface area contributed by atoms with E-state index in [0.29, 0.717) is 30.8 Å². The standard InChI is InChI=1S/C20H24N4O4S2/c1-10-18(29-20(21)22-10)13-5-14-7-24(11(2)12-3-4-12)19(25)17(14)16(6-13)30(26,27)23-15-8-28-9-15/h5-6,11-12,15,23H,3-4,7-9H2,1-2H3,(H2,21,22). The summed E-state index contributed by atoms with van der Waals surface area (Å²) in [6, 6.07) is 3.33. The van der Waals surface area contributed by atoms with Gasteiger partial charge < -0.3 is 15.4 Å². The lowest BCUT2D eigenvalue weighted by molar-refractivity contribution is 0.00481. The van der Waals surface area contributed by atoms with E-state index < -0.39 is 10.0 Å². The minimum Gasteiger partial charge on any atom is -0.378 e. The van der Waals surface area contributed by atoms with Crippen molar-refractivity contribution >= 4 is 32.4 Å². The smallest absolute Gasteiger partial charge is 0.256 e. The fourth-order valence-corrected chi connectivity index (χ4v) is 6.51. The largest absolute Gasteiger partial charge is 0.378 e. The Hall–Kier alpha value is -2.01. The van der Waals surface area contributed by atoms with Crippen LogP contribution < -0.4 is 10.5 Å². The number of nitrogens with two attached hydrogens (primary N) is 1. The van der Waals surface area contributed by atoms with Crippen LogP contribution in [0, 0.1) is 12.8 Å². The van der Waals surface area contributed by atoms with Gasteiger partial charge in [0.2, 0.25) is 10.0 Å². The van der Waals surface area contributed by atoms with Gasteiger partial charge in [-0.2, -0.15) is 0 Å². The summed E-state index contributed by atoms with van der Waals surface area (Å²) < 4.78 is 34.3. The highest BCUT2D eigenvalue weighted by atomic mass is 32.2. The van der Waals surface area contributed by atoms with Gasteiger partial charge in [0.05, 0.1) is 40.3 Å². The highest BCUT2D eigenvalue weighted by Crippen LogP contribution is 2.42. The first-order chi connectivity index (χ1) is 14.2. The van der Waals surface area contributed by atoms with Crippen molar-refractivity contribution in [1.82, 2.24) is 14.6 Å². The average molecular weight is 449 g/mol. The fraction of sp³-hybridized carbons (Fsp3) is 0.500. The molecule has 1 aliphatic carbocycles. The molecule has 8 nitrogen and oxygen atoms in total. The van der Waals surface area contributed by atoms with Gasteiger partial charge in [0.1, 0.15) is 0 Å². The van der Waals surface area contributed by atoms with Crippen molar-refractivity contribution < 1.29 is 17.9 Å². The first kappa shape index (κ1) is 19.9. The summed E-state index contributed by atoms with van der Waals surface area (Å²) >= 11 is 1.32. The number of carbonyl (C=O) groups is 1. The lowest BCUT2D eigenvalue weighted by atomic mass is 10.0. The molecular formula is C20H24N4O4S2. The van der Waals surface area contributed by atoms with Crippen molar-refractivity contribution in [3.63, 3.8) is 0 Å². The molecule has 5 rings (SSSR count). The van der Waals surface area contributed by atoms with E-state index in [1.807, 2.05) is 17.9 Å². The summed E-state index contributed by atoms with van der Waals surface area (Å²) in [6.07, 6.45) is 2.22. The average Bonchev–Trinajstić information content (AvgIpc) is 3.38. The van der Waals surface area contributed by atoms with Crippen LogP contribution in [0.15, 0.2) is 17.0 Å². The first-order valence-electron chi connectivity index (χ1n) is 10.1. The molecule has 10 heteroatoms. The third kappa shape index (κ3) is 3.31. The van der Waals surface area contributed by atoms with E-state index in [2.05, 4.69) is 16.6 Å². The second-order valence-corrected chi connectivity index (χ2v) is 11.1. The van der Waals surface area contributed by atoms with Gasteiger partial charge in [-0.25, -0.2) is 18.1 Å². The van der Waals surface area contributed by atoms with Crippen LogP contribution in [0.25, 0.3) is 10.4 Å². The normalized spacial score (nSPS) is 20.3. The number of fused-ring (bicyclic) bond motifs is 1.